The number of hydrogen-bond donors (Lipinski definition) is 2. The lowest BCUT2D eigenvalue weighted by Crippen LogP contribution is -2.12. The molecule has 0 saturated heterocycles. The fourth-order valence-electron chi connectivity index (χ4n) is 2.57. The summed E-state index contributed by atoms with van der Waals surface area (Å²) in [5.41, 5.74) is 10.3. The molecule has 1 aliphatic rings. The summed E-state index contributed by atoms with van der Waals surface area (Å²) in [5, 5.41) is 2.83. The predicted molar refractivity (Wildman–Crippen MR) is 82.4 cm³/mol. The molecule has 21 heavy (non-hydrogen) atoms. The maximum Gasteiger partial charge on any atom is 0.228 e. The molecule has 1 atom stereocenters. The minimum atomic E-state index is -0.207. The largest absolute Gasteiger partial charge is 0.494 e. The second-order valence-electron chi connectivity index (χ2n) is 5.12. The lowest BCUT2D eigenvalue weighted by atomic mass is 9.97. The molecule has 0 bridgehead atoms. The Kier molecular flexibility index (Phi) is 3.62. The zero-order valence-electron chi connectivity index (χ0n) is 11.9. The van der Waals surface area contributed by atoms with Crippen molar-refractivity contribution in [1.29, 1.82) is 0 Å². The Morgan fingerprint density at radius 2 is 1.90 bits per heavy atom. The first kappa shape index (κ1) is 13.6. The van der Waals surface area contributed by atoms with Crippen molar-refractivity contribution in [1.82, 2.24) is 0 Å². The molecule has 2 aromatic rings. The Morgan fingerprint density at radius 1 is 1.19 bits per heavy atom. The van der Waals surface area contributed by atoms with Crippen LogP contribution in [0.25, 0.3) is 0 Å². The fraction of sp³-hybridized carbons (Fsp3) is 0.235. The van der Waals surface area contributed by atoms with Gasteiger partial charge in [-0.15, -0.1) is 0 Å². The van der Waals surface area contributed by atoms with Crippen molar-refractivity contribution in [3.63, 3.8) is 0 Å². The second-order valence-corrected chi connectivity index (χ2v) is 5.12. The number of anilines is 1. The van der Waals surface area contributed by atoms with Crippen molar-refractivity contribution < 1.29 is 9.53 Å². The van der Waals surface area contributed by atoms with Crippen LogP contribution in [0, 0.1) is 0 Å². The molecule has 1 amide bonds. The van der Waals surface area contributed by atoms with E-state index in [4.69, 9.17) is 10.5 Å². The number of amides is 1. The Morgan fingerprint density at radius 3 is 2.62 bits per heavy atom. The second kappa shape index (κ2) is 5.58. The van der Waals surface area contributed by atoms with E-state index in [2.05, 4.69) is 5.32 Å². The quantitative estimate of drug-likeness (QED) is 0.906. The van der Waals surface area contributed by atoms with Crippen molar-refractivity contribution in [3.8, 4) is 5.75 Å². The molecule has 0 spiro atoms. The SMILES string of the molecule is CCOc1ccc(C(N)c2ccc3c(c2)CC(=O)N3)cc1. The van der Waals surface area contributed by atoms with Crippen LogP contribution in [0.15, 0.2) is 42.5 Å². The Bertz CT molecular complexity index is 665. The van der Waals surface area contributed by atoms with Crippen molar-refractivity contribution in [2.45, 2.75) is 19.4 Å². The Balaban J connectivity index is 1.83. The number of rotatable bonds is 4. The average molecular weight is 282 g/mol. The van der Waals surface area contributed by atoms with E-state index < -0.39 is 0 Å². The molecule has 4 nitrogen and oxygen atoms in total. The number of carbonyl (C=O) groups is 1. The first-order chi connectivity index (χ1) is 10.2. The van der Waals surface area contributed by atoms with Gasteiger partial charge in [-0.25, -0.2) is 0 Å². The lowest BCUT2D eigenvalue weighted by molar-refractivity contribution is -0.115. The molecule has 108 valence electrons. The lowest BCUT2D eigenvalue weighted by Gasteiger charge is -2.14. The average Bonchev–Trinajstić information content (AvgIpc) is 2.86. The molecule has 0 aromatic heterocycles. The number of fused-ring (bicyclic) bond motifs is 1. The fourth-order valence-corrected chi connectivity index (χ4v) is 2.57. The van der Waals surface area contributed by atoms with Gasteiger partial charge in [0, 0.05) is 5.69 Å². The maximum absolute atomic E-state index is 11.4. The van der Waals surface area contributed by atoms with E-state index in [1.807, 2.05) is 49.4 Å². The highest BCUT2D eigenvalue weighted by molar-refractivity contribution is 5.99. The Hall–Kier alpha value is -2.33. The first-order valence-electron chi connectivity index (χ1n) is 7.08. The number of ether oxygens (including phenoxy) is 1. The summed E-state index contributed by atoms with van der Waals surface area (Å²) < 4.78 is 5.43. The van der Waals surface area contributed by atoms with E-state index in [9.17, 15) is 4.79 Å². The molecule has 3 rings (SSSR count). The minimum absolute atomic E-state index is 0.0387. The monoisotopic (exact) mass is 282 g/mol. The van der Waals surface area contributed by atoms with Crippen LogP contribution in [-0.2, 0) is 11.2 Å². The summed E-state index contributed by atoms with van der Waals surface area (Å²) in [6.07, 6.45) is 0.430. The number of benzene rings is 2. The molecule has 1 aliphatic heterocycles. The highest BCUT2D eigenvalue weighted by Gasteiger charge is 2.19. The summed E-state index contributed by atoms with van der Waals surface area (Å²) in [6, 6.07) is 13.5. The van der Waals surface area contributed by atoms with Gasteiger partial charge < -0.3 is 15.8 Å². The van der Waals surface area contributed by atoms with Crippen LogP contribution in [-0.4, -0.2) is 12.5 Å². The Labute approximate surface area is 123 Å². The summed E-state index contributed by atoms with van der Waals surface area (Å²) in [7, 11) is 0. The highest BCUT2D eigenvalue weighted by Crippen LogP contribution is 2.28. The molecular formula is C17H18N2O2. The van der Waals surface area contributed by atoms with E-state index >= 15 is 0 Å². The van der Waals surface area contributed by atoms with Crippen LogP contribution < -0.4 is 15.8 Å². The number of nitrogens with one attached hydrogen (secondary N) is 1. The molecule has 0 fully saturated rings. The molecule has 3 N–H and O–H groups in total. The summed E-state index contributed by atoms with van der Waals surface area (Å²) in [6.45, 7) is 2.61. The molecule has 0 saturated carbocycles. The smallest absolute Gasteiger partial charge is 0.228 e. The van der Waals surface area contributed by atoms with Gasteiger partial charge in [-0.1, -0.05) is 24.3 Å². The highest BCUT2D eigenvalue weighted by atomic mass is 16.5. The van der Waals surface area contributed by atoms with Gasteiger partial charge in [0.2, 0.25) is 5.91 Å². The van der Waals surface area contributed by atoms with Crippen LogP contribution in [0.5, 0.6) is 5.75 Å². The summed E-state index contributed by atoms with van der Waals surface area (Å²) in [4.78, 5) is 11.4. The summed E-state index contributed by atoms with van der Waals surface area (Å²) in [5.74, 6) is 0.883. The van der Waals surface area contributed by atoms with Crippen LogP contribution in [0.1, 0.15) is 29.7 Å². The van der Waals surface area contributed by atoms with Gasteiger partial charge >= 0.3 is 0 Å². The maximum atomic E-state index is 11.4. The minimum Gasteiger partial charge on any atom is -0.494 e. The van der Waals surface area contributed by atoms with Gasteiger partial charge in [0.25, 0.3) is 0 Å². The third-order valence-corrected chi connectivity index (χ3v) is 3.66. The van der Waals surface area contributed by atoms with E-state index in [0.717, 1.165) is 28.1 Å². The van der Waals surface area contributed by atoms with Crippen molar-refractivity contribution >= 4 is 11.6 Å². The van der Waals surface area contributed by atoms with Gasteiger partial charge in [-0.2, -0.15) is 0 Å². The molecule has 4 heteroatoms. The van der Waals surface area contributed by atoms with Crippen LogP contribution in [0.2, 0.25) is 0 Å². The van der Waals surface area contributed by atoms with Gasteiger partial charge in [-0.05, 0) is 41.8 Å². The van der Waals surface area contributed by atoms with Crippen molar-refractivity contribution in [2.75, 3.05) is 11.9 Å². The number of carbonyl (C=O) groups excluding carboxylic acids is 1. The normalized spacial score (nSPS) is 14.5. The van der Waals surface area contributed by atoms with Crippen molar-refractivity contribution in [2.24, 2.45) is 5.73 Å². The molecule has 0 radical (unpaired) electrons. The third kappa shape index (κ3) is 2.76. The zero-order chi connectivity index (χ0) is 14.8. The van der Waals surface area contributed by atoms with Gasteiger partial charge in [0.15, 0.2) is 0 Å². The molecule has 1 heterocycles. The summed E-state index contributed by atoms with van der Waals surface area (Å²) >= 11 is 0. The molecule has 0 aliphatic carbocycles. The van der Waals surface area contributed by atoms with E-state index in [-0.39, 0.29) is 11.9 Å². The first-order valence-corrected chi connectivity index (χ1v) is 7.08. The van der Waals surface area contributed by atoms with Crippen LogP contribution >= 0.6 is 0 Å². The number of nitrogens with two attached hydrogens (primary N) is 1. The van der Waals surface area contributed by atoms with E-state index in [1.54, 1.807) is 0 Å². The van der Waals surface area contributed by atoms with Gasteiger partial charge in [0.05, 0.1) is 19.1 Å². The van der Waals surface area contributed by atoms with E-state index in [1.165, 1.54) is 0 Å². The number of hydrogen-bond acceptors (Lipinski definition) is 3. The van der Waals surface area contributed by atoms with Crippen LogP contribution in [0.3, 0.4) is 0 Å². The molecule has 2 aromatic carbocycles. The van der Waals surface area contributed by atoms with Gasteiger partial charge in [-0.3, -0.25) is 4.79 Å². The van der Waals surface area contributed by atoms with Crippen molar-refractivity contribution in [3.05, 3.63) is 59.2 Å². The van der Waals surface area contributed by atoms with E-state index in [0.29, 0.717) is 13.0 Å². The zero-order valence-corrected chi connectivity index (χ0v) is 11.9. The predicted octanol–water partition coefficient (Wildman–Crippen LogP) is 2.63. The topological polar surface area (TPSA) is 64.3 Å². The van der Waals surface area contributed by atoms with Gasteiger partial charge in [0.1, 0.15) is 5.75 Å². The molecule has 1 unspecified atom stereocenters. The molecular weight excluding hydrogens is 264 g/mol. The third-order valence-electron chi connectivity index (χ3n) is 3.66. The van der Waals surface area contributed by atoms with Crippen LogP contribution in [0.4, 0.5) is 5.69 Å². The standard InChI is InChI=1S/C17H18N2O2/c1-2-21-14-6-3-11(4-7-14)17(18)12-5-8-15-13(9-12)10-16(20)19-15/h3-9,17H,2,10,18H2,1H3,(H,19,20).